The Labute approximate surface area is 148 Å². The van der Waals surface area contributed by atoms with Gasteiger partial charge in [-0.15, -0.1) is 0 Å². The SMILES string of the molecule is COCCNC(=O)c1cc(S(=O)(=O)N2CCC(C)CC2)ccc1Cl. The van der Waals surface area contributed by atoms with Crippen LogP contribution in [0.5, 0.6) is 0 Å². The van der Waals surface area contributed by atoms with E-state index in [9.17, 15) is 13.2 Å². The number of carbonyl (C=O) groups is 1. The Kier molecular flexibility index (Phi) is 6.62. The van der Waals surface area contributed by atoms with E-state index in [0.29, 0.717) is 32.2 Å². The van der Waals surface area contributed by atoms with Gasteiger partial charge in [-0.25, -0.2) is 8.42 Å². The maximum absolute atomic E-state index is 12.8. The predicted molar refractivity (Wildman–Crippen MR) is 92.8 cm³/mol. The molecular weight excluding hydrogens is 352 g/mol. The number of hydrogen-bond acceptors (Lipinski definition) is 4. The van der Waals surface area contributed by atoms with Gasteiger partial charge in [0.05, 0.1) is 22.1 Å². The molecule has 6 nitrogen and oxygen atoms in total. The first-order chi connectivity index (χ1) is 11.4. The minimum Gasteiger partial charge on any atom is -0.383 e. The number of nitrogens with one attached hydrogen (secondary N) is 1. The van der Waals surface area contributed by atoms with Gasteiger partial charge in [0.1, 0.15) is 0 Å². The van der Waals surface area contributed by atoms with E-state index >= 15 is 0 Å². The Bertz CT molecular complexity index is 685. The average Bonchev–Trinajstić information content (AvgIpc) is 2.55. The molecule has 0 saturated carbocycles. The fraction of sp³-hybridized carbons (Fsp3) is 0.562. The molecule has 1 heterocycles. The molecule has 0 radical (unpaired) electrons. The fourth-order valence-electron chi connectivity index (χ4n) is 2.58. The lowest BCUT2D eigenvalue weighted by Gasteiger charge is -2.29. The van der Waals surface area contributed by atoms with Crippen molar-refractivity contribution in [2.45, 2.75) is 24.7 Å². The zero-order chi connectivity index (χ0) is 17.7. The number of hydrogen-bond donors (Lipinski definition) is 1. The molecule has 0 aromatic heterocycles. The number of halogens is 1. The first kappa shape index (κ1) is 19.2. The van der Waals surface area contributed by atoms with Gasteiger partial charge in [0.2, 0.25) is 10.0 Å². The van der Waals surface area contributed by atoms with Crippen molar-refractivity contribution in [3.8, 4) is 0 Å². The molecular formula is C16H23ClN2O4S. The molecule has 1 amide bonds. The van der Waals surface area contributed by atoms with Crippen LogP contribution in [0.25, 0.3) is 0 Å². The van der Waals surface area contributed by atoms with Crippen LogP contribution in [0.4, 0.5) is 0 Å². The van der Waals surface area contributed by atoms with Crippen molar-refractivity contribution in [1.29, 1.82) is 0 Å². The van der Waals surface area contributed by atoms with E-state index in [1.807, 2.05) is 0 Å². The van der Waals surface area contributed by atoms with Gasteiger partial charge in [-0.3, -0.25) is 4.79 Å². The van der Waals surface area contributed by atoms with Crippen LogP contribution in [-0.2, 0) is 14.8 Å². The lowest BCUT2D eigenvalue weighted by Crippen LogP contribution is -2.38. The zero-order valence-electron chi connectivity index (χ0n) is 13.9. The monoisotopic (exact) mass is 374 g/mol. The maximum Gasteiger partial charge on any atom is 0.252 e. The summed E-state index contributed by atoms with van der Waals surface area (Å²) >= 11 is 6.06. The second kappa shape index (κ2) is 8.29. The van der Waals surface area contributed by atoms with Crippen LogP contribution in [-0.4, -0.2) is 52.0 Å². The molecule has 0 aliphatic carbocycles. The molecule has 0 spiro atoms. The third-order valence-corrected chi connectivity index (χ3v) is 6.38. The van der Waals surface area contributed by atoms with E-state index in [1.165, 1.54) is 29.6 Å². The lowest BCUT2D eigenvalue weighted by molar-refractivity contribution is 0.0937. The largest absolute Gasteiger partial charge is 0.383 e. The highest BCUT2D eigenvalue weighted by molar-refractivity contribution is 7.89. The van der Waals surface area contributed by atoms with Crippen molar-refractivity contribution >= 4 is 27.5 Å². The predicted octanol–water partition coefficient (Wildman–Crippen LogP) is 2.14. The highest BCUT2D eigenvalue weighted by Gasteiger charge is 2.29. The minimum atomic E-state index is -3.61. The van der Waals surface area contributed by atoms with E-state index < -0.39 is 15.9 Å². The van der Waals surface area contributed by atoms with Gasteiger partial charge in [0.15, 0.2) is 0 Å². The number of nitrogens with zero attached hydrogens (tertiary/aromatic N) is 1. The highest BCUT2D eigenvalue weighted by atomic mass is 35.5. The van der Waals surface area contributed by atoms with E-state index in [4.69, 9.17) is 16.3 Å². The van der Waals surface area contributed by atoms with Crippen molar-refractivity contribution in [3.05, 3.63) is 28.8 Å². The van der Waals surface area contributed by atoms with Crippen LogP contribution in [0.1, 0.15) is 30.1 Å². The third kappa shape index (κ3) is 4.47. The molecule has 2 rings (SSSR count). The summed E-state index contributed by atoms with van der Waals surface area (Å²) in [4.78, 5) is 12.3. The van der Waals surface area contributed by atoms with E-state index in [2.05, 4.69) is 12.2 Å². The summed E-state index contributed by atoms with van der Waals surface area (Å²) in [5.41, 5.74) is 0.152. The summed E-state index contributed by atoms with van der Waals surface area (Å²) in [6.07, 6.45) is 1.69. The summed E-state index contributed by atoms with van der Waals surface area (Å²) in [6, 6.07) is 4.24. The minimum absolute atomic E-state index is 0.0957. The highest BCUT2D eigenvalue weighted by Crippen LogP contribution is 2.26. The number of carbonyl (C=O) groups excluding carboxylic acids is 1. The molecule has 0 atom stereocenters. The number of sulfonamides is 1. The molecule has 1 aliphatic heterocycles. The Morgan fingerprint density at radius 1 is 1.38 bits per heavy atom. The topological polar surface area (TPSA) is 75.7 Å². The summed E-state index contributed by atoms with van der Waals surface area (Å²) < 4.78 is 31.9. The number of methoxy groups -OCH3 is 1. The van der Waals surface area contributed by atoms with Crippen LogP contribution < -0.4 is 5.32 Å². The Balaban J connectivity index is 2.21. The van der Waals surface area contributed by atoms with Gasteiger partial charge >= 0.3 is 0 Å². The second-order valence-corrected chi connectivity index (χ2v) is 8.32. The number of benzene rings is 1. The molecule has 1 N–H and O–H groups in total. The second-order valence-electron chi connectivity index (χ2n) is 5.98. The van der Waals surface area contributed by atoms with Gasteiger partial charge in [-0.2, -0.15) is 4.31 Å². The van der Waals surface area contributed by atoms with Gasteiger partial charge in [-0.05, 0) is 37.0 Å². The molecule has 1 aromatic rings. The van der Waals surface area contributed by atoms with Crippen molar-refractivity contribution in [2.75, 3.05) is 33.4 Å². The van der Waals surface area contributed by atoms with Crippen molar-refractivity contribution in [2.24, 2.45) is 5.92 Å². The smallest absolute Gasteiger partial charge is 0.252 e. The first-order valence-corrected chi connectivity index (χ1v) is 9.75. The van der Waals surface area contributed by atoms with E-state index in [1.54, 1.807) is 0 Å². The Morgan fingerprint density at radius 2 is 2.04 bits per heavy atom. The van der Waals surface area contributed by atoms with Crippen LogP contribution >= 0.6 is 11.6 Å². The molecule has 8 heteroatoms. The zero-order valence-corrected chi connectivity index (χ0v) is 15.5. The van der Waals surface area contributed by atoms with Gasteiger partial charge in [-0.1, -0.05) is 18.5 Å². The quantitative estimate of drug-likeness (QED) is 0.774. The third-order valence-electron chi connectivity index (χ3n) is 4.15. The van der Waals surface area contributed by atoms with Crippen molar-refractivity contribution in [3.63, 3.8) is 0 Å². The maximum atomic E-state index is 12.8. The molecule has 1 aliphatic rings. The van der Waals surface area contributed by atoms with Crippen LogP contribution in [0.15, 0.2) is 23.1 Å². The van der Waals surface area contributed by atoms with Crippen LogP contribution in [0.2, 0.25) is 5.02 Å². The Hall–Kier alpha value is -1.15. The van der Waals surface area contributed by atoms with Crippen LogP contribution in [0, 0.1) is 5.92 Å². The lowest BCUT2D eigenvalue weighted by atomic mass is 10.0. The molecule has 1 aromatic carbocycles. The molecule has 0 bridgehead atoms. The van der Waals surface area contributed by atoms with E-state index in [0.717, 1.165) is 12.8 Å². The first-order valence-electron chi connectivity index (χ1n) is 7.93. The van der Waals surface area contributed by atoms with E-state index in [-0.39, 0.29) is 15.5 Å². The normalized spacial score (nSPS) is 17.0. The van der Waals surface area contributed by atoms with Crippen molar-refractivity contribution < 1.29 is 17.9 Å². The number of amides is 1. The average molecular weight is 375 g/mol. The summed E-state index contributed by atoms with van der Waals surface area (Å²) in [7, 11) is -2.08. The molecule has 1 fully saturated rings. The van der Waals surface area contributed by atoms with Crippen LogP contribution in [0.3, 0.4) is 0 Å². The fourth-order valence-corrected chi connectivity index (χ4v) is 4.27. The van der Waals surface area contributed by atoms with Crippen molar-refractivity contribution in [1.82, 2.24) is 9.62 Å². The van der Waals surface area contributed by atoms with Gasteiger partial charge in [0, 0.05) is 26.7 Å². The molecule has 134 valence electrons. The summed E-state index contributed by atoms with van der Waals surface area (Å²) in [6.45, 7) is 3.82. The number of piperidine rings is 1. The molecule has 1 saturated heterocycles. The molecule has 24 heavy (non-hydrogen) atoms. The van der Waals surface area contributed by atoms with Gasteiger partial charge < -0.3 is 10.1 Å². The summed E-state index contributed by atoms with van der Waals surface area (Å²) in [5, 5.41) is 2.87. The number of ether oxygens (including phenoxy) is 1. The Morgan fingerprint density at radius 3 is 2.67 bits per heavy atom. The summed E-state index contributed by atoms with van der Waals surface area (Å²) in [5.74, 6) is 0.116. The van der Waals surface area contributed by atoms with Gasteiger partial charge in [0.25, 0.3) is 5.91 Å². The molecule has 0 unspecified atom stereocenters. The number of rotatable bonds is 6. The standard InChI is InChI=1S/C16H23ClN2O4S/c1-12-5-8-19(9-6-12)24(21,22)13-3-4-15(17)14(11-13)16(20)18-7-10-23-2/h3-4,11-12H,5-10H2,1-2H3,(H,18,20).